The Labute approximate surface area is 131 Å². The van der Waals surface area contributed by atoms with Crippen LogP contribution in [0.15, 0.2) is 60.8 Å². The molecule has 21 heavy (non-hydrogen) atoms. The van der Waals surface area contributed by atoms with Gasteiger partial charge in [-0.25, -0.2) is 4.98 Å². The van der Waals surface area contributed by atoms with Gasteiger partial charge in [0, 0.05) is 32.8 Å². The average Bonchev–Trinajstić information content (AvgIpc) is 2.89. The van der Waals surface area contributed by atoms with Crippen LogP contribution in [0.4, 0.5) is 0 Å². The minimum Gasteiger partial charge on any atom is -0.244 e. The molecule has 0 unspecified atom stereocenters. The summed E-state index contributed by atoms with van der Waals surface area (Å²) >= 11 is 7.72. The number of pyridine rings is 1. The normalized spacial score (nSPS) is 11.3. The van der Waals surface area contributed by atoms with Crippen LogP contribution in [0.5, 0.6) is 0 Å². The van der Waals surface area contributed by atoms with Crippen molar-refractivity contribution in [2.24, 2.45) is 0 Å². The zero-order chi connectivity index (χ0) is 14.2. The van der Waals surface area contributed by atoms with Crippen LogP contribution in [0.3, 0.4) is 0 Å². The first-order valence-electron chi connectivity index (χ1n) is 6.81. The zero-order valence-corrected chi connectivity index (χ0v) is 12.8. The van der Waals surface area contributed by atoms with Gasteiger partial charge in [0.05, 0.1) is 0 Å². The molecule has 0 saturated carbocycles. The Morgan fingerprint density at radius 3 is 2.62 bits per heavy atom. The lowest BCUT2D eigenvalue weighted by molar-refractivity contribution is 1.16. The number of aromatic nitrogens is 1. The van der Waals surface area contributed by atoms with Crippen LogP contribution in [0, 0.1) is 0 Å². The second-order valence-electron chi connectivity index (χ2n) is 5.06. The molecular weight excluding hydrogens is 298 g/mol. The molecule has 4 rings (SSSR count). The third-order valence-corrected chi connectivity index (χ3v) is 5.15. The van der Waals surface area contributed by atoms with Gasteiger partial charge in [-0.2, -0.15) is 0 Å². The second kappa shape index (κ2) is 5.14. The molecule has 2 heterocycles. The standard InChI is InChI=1S/C18H12ClNS/c19-17-9-8-12(11-20-17)10-13-4-3-6-15-14-5-1-2-7-16(14)21-18(13)15/h1-9,11H,10H2. The highest BCUT2D eigenvalue weighted by Gasteiger charge is 2.08. The van der Waals surface area contributed by atoms with Crippen molar-refractivity contribution in [2.45, 2.75) is 6.42 Å². The highest BCUT2D eigenvalue weighted by Crippen LogP contribution is 2.36. The molecule has 0 radical (unpaired) electrons. The van der Waals surface area contributed by atoms with Crippen molar-refractivity contribution in [1.29, 1.82) is 0 Å². The summed E-state index contributed by atoms with van der Waals surface area (Å²) in [5.74, 6) is 0. The van der Waals surface area contributed by atoms with E-state index >= 15 is 0 Å². The van der Waals surface area contributed by atoms with E-state index < -0.39 is 0 Å². The molecule has 0 fully saturated rings. The van der Waals surface area contributed by atoms with Gasteiger partial charge in [0.1, 0.15) is 5.15 Å². The van der Waals surface area contributed by atoms with Crippen LogP contribution in [-0.2, 0) is 6.42 Å². The van der Waals surface area contributed by atoms with E-state index in [1.807, 2.05) is 29.7 Å². The van der Waals surface area contributed by atoms with Crippen LogP contribution >= 0.6 is 22.9 Å². The van der Waals surface area contributed by atoms with Gasteiger partial charge in [-0.15, -0.1) is 11.3 Å². The number of rotatable bonds is 2. The van der Waals surface area contributed by atoms with E-state index in [0.717, 1.165) is 6.42 Å². The van der Waals surface area contributed by atoms with Gasteiger partial charge < -0.3 is 0 Å². The fourth-order valence-corrected chi connectivity index (χ4v) is 4.00. The van der Waals surface area contributed by atoms with Crippen molar-refractivity contribution in [2.75, 3.05) is 0 Å². The quantitative estimate of drug-likeness (QED) is 0.433. The Balaban J connectivity index is 1.86. The first-order valence-corrected chi connectivity index (χ1v) is 8.00. The Morgan fingerprint density at radius 1 is 0.905 bits per heavy atom. The maximum Gasteiger partial charge on any atom is 0.129 e. The SMILES string of the molecule is Clc1ccc(Cc2cccc3c2sc2ccccc23)cn1. The number of thiophene rings is 1. The van der Waals surface area contributed by atoms with Gasteiger partial charge in [-0.05, 0) is 23.3 Å². The fourth-order valence-electron chi connectivity index (χ4n) is 2.68. The number of fused-ring (bicyclic) bond motifs is 3. The van der Waals surface area contributed by atoms with E-state index in [4.69, 9.17) is 11.6 Å². The first-order chi connectivity index (χ1) is 10.3. The lowest BCUT2D eigenvalue weighted by Crippen LogP contribution is -1.89. The van der Waals surface area contributed by atoms with Crippen molar-refractivity contribution in [1.82, 2.24) is 4.98 Å². The van der Waals surface area contributed by atoms with Crippen LogP contribution in [0.2, 0.25) is 5.15 Å². The fraction of sp³-hybridized carbons (Fsp3) is 0.0556. The topological polar surface area (TPSA) is 12.9 Å². The largest absolute Gasteiger partial charge is 0.244 e. The molecule has 0 atom stereocenters. The Hall–Kier alpha value is -1.90. The summed E-state index contributed by atoms with van der Waals surface area (Å²) in [7, 11) is 0. The molecule has 3 heteroatoms. The summed E-state index contributed by atoms with van der Waals surface area (Å²) in [6.07, 6.45) is 2.74. The van der Waals surface area contributed by atoms with E-state index in [-0.39, 0.29) is 0 Å². The molecule has 102 valence electrons. The number of benzene rings is 2. The minimum atomic E-state index is 0.541. The third kappa shape index (κ3) is 2.31. The van der Waals surface area contributed by atoms with Crippen molar-refractivity contribution >= 4 is 43.1 Å². The van der Waals surface area contributed by atoms with Crippen LogP contribution < -0.4 is 0 Å². The van der Waals surface area contributed by atoms with E-state index in [1.165, 1.54) is 31.3 Å². The predicted molar refractivity (Wildman–Crippen MR) is 91.4 cm³/mol. The highest BCUT2D eigenvalue weighted by atomic mass is 35.5. The lowest BCUT2D eigenvalue weighted by atomic mass is 10.0. The maximum atomic E-state index is 5.85. The molecule has 2 aromatic heterocycles. The highest BCUT2D eigenvalue weighted by molar-refractivity contribution is 7.26. The van der Waals surface area contributed by atoms with Gasteiger partial charge in [0.15, 0.2) is 0 Å². The zero-order valence-electron chi connectivity index (χ0n) is 11.2. The van der Waals surface area contributed by atoms with Crippen LogP contribution in [0.1, 0.15) is 11.1 Å². The first kappa shape index (κ1) is 12.8. The van der Waals surface area contributed by atoms with Gasteiger partial charge in [-0.1, -0.05) is 54.1 Å². The molecule has 2 aromatic carbocycles. The van der Waals surface area contributed by atoms with E-state index in [0.29, 0.717) is 5.15 Å². The van der Waals surface area contributed by atoms with E-state index in [2.05, 4.69) is 47.4 Å². The maximum absolute atomic E-state index is 5.85. The third-order valence-electron chi connectivity index (χ3n) is 3.67. The van der Waals surface area contributed by atoms with E-state index in [9.17, 15) is 0 Å². The van der Waals surface area contributed by atoms with Gasteiger partial charge >= 0.3 is 0 Å². The number of hydrogen-bond acceptors (Lipinski definition) is 2. The molecular formula is C18H12ClNS. The summed E-state index contributed by atoms with van der Waals surface area (Å²) in [4.78, 5) is 4.17. The molecule has 0 aliphatic carbocycles. The molecule has 4 aromatic rings. The number of halogens is 1. The molecule has 0 amide bonds. The summed E-state index contributed by atoms with van der Waals surface area (Å²) in [5.41, 5.74) is 2.53. The molecule has 0 saturated heterocycles. The number of hydrogen-bond donors (Lipinski definition) is 0. The molecule has 0 bridgehead atoms. The van der Waals surface area contributed by atoms with Crippen molar-refractivity contribution in [3.63, 3.8) is 0 Å². The molecule has 0 spiro atoms. The summed E-state index contributed by atoms with van der Waals surface area (Å²) in [6.45, 7) is 0. The van der Waals surface area contributed by atoms with Crippen molar-refractivity contribution in [3.8, 4) is 0 Å². The van der Waals surface area contributed by atoms with Crippen LogP contribution in [0.25, 0.3) is 20.2 Å². The van der Waals surface area contributed by atoms with Gasteiger partial charge in [0.25, 0.3) is 0 Å². The average molecular weight is 310 g/mol. The monoisotopic (exact) mass is 309 g/mol. The van der Waals surface area contributed by atoms with Gasteiger partial charge in [0.2, 0.25) is 0 Å². The molecule has 1 nitrogen and oxygen atoms in total. The second-order valence-corrected chi connectivity index (χ2v) is 6.50. The molecule has 0 N–H and O–H groups in total. The molecule has 0 aliphatic rings. The minimum absolute atomic E-state index is 0.541. The summed E-state index contributed by atoms with van der Waals surface area (Å²) in [5, 5.41) is 3.22. The van der Waals surface area contributed by atoms with Crippen molar-refractivity contribution in [3.05, 3.63) is 77.1 Å². The Morgan fingerprint density at radius 2 is 1.76 bits per heavy atom. The molecule has 0 aliphatic heterocycles. The number of nitrogens with zero attached hydrogens (tertiary/aromatic N) is 1. The Bertz CT molecular complexity index is 925. The summed E-state index contributed by atoms with van der Waals surface area (Å²) in [6, 6.07) is 19.0. The predicted octanol–water partition coefficient (Wildman–Crippen LogP) is 5.69. The van der Waals surface area contributed by atoms with Crippen molar-refractivity contribution < 1.29 is 0 Å². The van der Waals surface area contributed by atoms with Gasteiger partial charge in [-0.3, -0.25) is 0 Å². The van der Waals surface area contributed by atoms with E-state index in [1.54, 1.807) is 0 Å². The summed E-state index contributed by atoms with van der Waals surface area (Å²) < 4.78 is 2.71. The lowest BCUT2D eigenvalue weighted by Gasteiger charge is -2.03. The smallest absolute Gasteiger partial charge is 0.129 e. The Kier molecular flexibility index (Phi) is 3.13. The van der Waals surface area contributed by atoms with Crippen LogP contribution in [-0.4, -0.2) is 4.98 Å².